The van der Waals surface area contributed by atoms with E-state index in [-0.39, 0.29) is 48.3 Å². The van der Waals surface area contributed by atoms with Crippen LogP contribution in [0.4, 0.5) is 0 Å². The Bertz CT molecular complexity index is 675. The first-order chi connectivity index (χ1) is 15.4. The number of ketones is 1. The summed E-state index contributed by atoms with van der Waals surface area (Å²) >= 11 is 3.30. The molecule has 2 saturated heterocycles. The Morgan fingerprint density at radius 2 is 1.47 bits per heavy atom. The summed E-state index contributed by atoms with van der Waals surface area (Å²) in [5, 5.41) is 0.336. The molecule has 10 heteroatoms. The smallest absolute Gasteiger partial charge is 0.184 e. The number of halogens is 1. The Morgan fingerprint density at radius 3 is 1.97 bits per heavy atom. The van der Waals surface area contributed by atoms with Gasteiger partial charge < -0.3 is 22.8 Å². The highest BCUT2D eigenvalue weighted by Crippen LogP contribution is 2.41. The van der Waals surface area contributed by atoms with Crippen molar-refractivity contribution in [1.82, 2.24) is 0 Å². The summed E-state index contributed by atoms with van der Waals surface area (Å²) in [7, 11) is -5.36. The first-order valence-electron chi connectivity index (χ1n) is 12.8. The normalized spacial score (nSPS) is 32.4. The quantitative estimate of drug-likeness (QED) is 0.151. The first kappa shape index (κ1) is 30.8. The molecule has 2 aliphatic heterocycles. The van der Waals surface area contributed by atoms with Crippen LogP contribution in [0.25, 0.3) is 0 Å². The lowest BCUT2D eigenvalue weighted by atomic mass is 9.86. The van der Waals surface area contributed by atoms with Gasteiger partial charge in [-0.1, -0.05) is 22.9 Å². The van der Waals surface area contributed by atoms with E-state index >= 15 is 0 Å². The van der Waals surface area contributed by atoms with Crippen molar-refractivity contribution >= 4 is 46.7 Å². The van der Waals surface area contributed by atoms with E-state index < -0.39 is 25.0 Å². The van der Waals surface area contributed by atoms with Gasteiger partial charge in [-0.2, -0.15) is 0 Å². The first-order valence-corrected chi connectivity index (χ1v) is 24.1. The molecule has 0 unspecified atom stereocenters. The highest BCUT2D eigenvalue weighted by atomic mass is 79.9. The molecule has 0 amide bonds. The molecule has 2 fully saturated rings. The zero-order valence-corrected chi connectivity index (χ0v) is 27.9. The number of rotatable bonds is 13. The van der Waals surface area contributed by atoms with Crippen LogP contribution in [-0.2, 0) is 27.5 Å². The van der Waals surface area contributed by atoms with Gasteiger partial charge in [0.15, 0.2) is 25.0 Å². The minimum Gasteiger partial charge on any atom is -0.415 e. The van der Waals surface area contributed by atoms with Crippen molar-refractivity contribution in [3.05, 3.63) is 0 Å². The Morgan fingerprint density at radius 1 is 0.912 bits per heavy atom. The average molecular weight is 598 g/mol. The van der Waals surface area contributed by atoms with Crippen LogP contribution in [0.3, 0.4) is 0 Å². The highest BCUT2D eigenvalue weighted by molar-refractivity contribution is 9.09. The molecular weight excluding hydrogens is 548 g/mol. The molecule has 0 aliphatic carbocycles. The van der Waals surface area contributed by atoms with E-state index in [1.807, 2.05) is 0 Å². The molecule has 6 nitrogen and oxygen atoms in total. The number of Topliss-reactive ketones (excluding diaryl/α,β-unsaturated/α-hetero) is 1. The highest BCUT2D eigenvalue weighted by Gasteiger charge is 2.51. The Labute approximate surface area is 219 Å². The van der Waals surface area contributed by atoms with Crippen LogP contribution in [0.5, 0.6) is 0 Å². The predicted octanol–water partition coefficient (Wildman–Crippen LogP) is 5.83. The Kier molecular flexibility index (Phi) is 10.9. The van der Waals surface area contributed by atoms with Gasteiger partial charge in [0, 0.05) is 24.4 Å². The van der Waals surface area contributed by atoms with Gasteiger partial charge in [0.05, 0.1) is 42.5 Å². The van der Waals surface area contributed by atoms with E-state index in [0.29, 0.717) is 24.3 Å². The van der Waals surface area contributed by atoms with Crippen molar-refractivity contribution in [2.24, 2.45) is 11.8 Å². The second-order valence-electron chi connectivity index (χ2n) is 13.1. The lowest BCUT2D eigenvalue weighted by Gasteiger charge is -2.47. The number of carbonyl (C=O) groups is 1. The third-order valence-corrected chi connectivity index (χ3v) is 9.85. The lowest BCUT2D eigenvalue weighted by molar-refractivity contribution is -0.159. The average Bonchev–Trinajstić information content (AvgIpc) is 3.41. The largest absolute Gasteiger partial charge is 0.415 e. The minimum absolute atomic E-state index is 0.0870. The molecule has 0 aromatic rings. The number of epoxide rings is 1. The lowest BCUT2D eigenvalue weighted by Crippen LogP contribution is -2.58. The second kappa shape index (κ2) is 12.0. The van der Waals surface area contributed by atoms with Gasteiger partial charge in [-0.25, -0.2) is 0 Å². The molecule has 0 aromatic heterocycles. The van der Waals surface area contributed by atoms with Crippen molar-refractivity contribution in [3.63, 3.8) is 0 Å². The zero-order valence-electron chi connectivity index (χ0n) is 23.3. The summed E-state index contributed by atoms with van der Waals surface area (Å²) in [4.78, 5) is 12.3. The van der Waals surface area contributed by atoms with Crippen molar-refractivity contribution < 1.29 is 27.5 Å². The molecular formula is C24H49BrO6Si3. The minimum atomic E-state index is -1.90. The maximum absolute atomic E-state index is 12.3. The van der Waals surface area contributed by atoms with Crippen LogP contribution in [0.1, 0.15) is 26.7 Å². The Balaban J connectivity index is 2.17. The van der Waals surface area contributed by atoms with Crippen LogP contribution >= 0.6 is 15.9 Å². The standard InChI is InChI=1S/C24H49BrO6Si3/c1-16(17(2)29-32(3,4)5)22-21(28-22)12-18-15-27-20(13-19(26)14-25)24(31-34(9,10)11)23(18)30-33(6,7)8/h16-18,20-24H,12-15H2,1-11H3/t16-,17-,18-,20-,21-,22-,23+,24-/m0/s1. The van der Waals surface area contributed by atoms with E-state index in [9.17, 15) is 4.79 Å². The van der Waals surface area contributed by atoms with Crippen LogP contribution in [0, 0.1) is 11.8 Å². The zero-order chi connectivity index (χ0) is 26.1. The summed E-state index contributed by atoms with van der Waals surface area (Å²) in [6, 6.07) is 0. The van der Waals surface area contributed by atoms with Crippen LogP contribution in [0.2, 0.25) is 58.9 Å². The van der Waals surface area contributed by atoms with E-state index in [0.717, 1.165) is 6.42 Å². The molecule has 34 heavy (non-hydrogen) atoms. The number of hydrogen-bond acceptors (Lipinski definition) is 6. The van der Waals surface area contributed by atoms with Gasteiger partial charge >= 0.3 is 0 Å². The Hall–Kier alpha value is 0.601. The number of alkyl halides is 1. The summed E-state index contributed by atoms with van der Waals surface area (Å²) in [6.07, 6.45) is 1.23. The number of hydrogen-bond donors (Lipinski definition) is 0. The van der Waals surface area contributed by atoms with Crippen molar-refractivity contribution in [2.75, 3.05) is 11.9 Å². The van der Waals surface area contributed by atoms with E-state index in [4.69, 9.17) is 22.8 Å². The molecule has 8 atom stereocenters. The molecule has 200 valence electrons. The van der Waals surface area contributed by atoms with Crippen molar-refractivity contribution in [2.45, 2.75) is 122 Å². The number of carbonyl (C=O) groups excluding carboxylic acids is 1. The fraction of sp³-hybridized carbons (Fsp3) is 0.958. The van der Waals surface area contributed by atoms with Crippen LogP contribution in [0.15, 0.2) is 0 Å². The van der Waals surface area contributed by atoms with Gasteiger partial charge in [-0.15, -0.1) is 0 Å². The molecule has 0 spiro atoms. The van der Waals surface area contributed by atoms with Gasteiger partial charge in [-0.05, 0) is 72.3 Å². The van der Waals surface area contributed by atoms with E-state index in [2.05, 4.69) is 88.7 Å². The SMILES string of the molecule is C[C@H]([C@@H]1O[C@H]1C[C@H]1CO[C@@H](CC(=O)CBr)[C@H](O[Si](C)(C)C)[C@@H]1O[Si](C)(C)C)[C@H](C)O[Si](C)(C)C. The molecule has 0 radical (unpaired) electrons. The molecule has 0 aromatic carbocycles. The number of ether oxygens (including phenoxy) is 2. The van der Waals surface area contributed by atoms with Gasteiger partial charge in [0.2, 0.25) is 0 Å². The summed E-state index contributed by atoms with van der Waals surface area (Å²) < 4.78 is 32.3. The fourth-order valence-corrected chi connectivity index (χ4v) is 8.54. The van der Waals surface area contributed by atoms with Crippen LogP contribution in [-0.4, -0.2) is 79.3 Å². The third kappa shape index (κ3) is 10.2. The molecule has 0 bridgehead atoms. The summed E-state index contributed by atoms with van der Waals surface area (Å²) in [5.41, 5.74) is 0. The maximum atomic E-state index is 12.3. The van der Waals surface area contributed by atoms with Gasteiger partial charge in [0.1, 0.15) is 5.78 Å². The monoisotopic (exact) mass is 596 g/mol. The predicted molar refractivity (Wildman–Crippen MR) is 149 cm³/mol. The van der Waals surface area contributed by atoms with Crippen LogP contribution < -0.4 is 0 Å². The van der Waals surface area contributed by atoms with Gasteiger partial charge in [0.25, 0.3) is 0 Å². The maximum Gasteiger partial charge on any atom is 0.184 e. The van der Waals surface area contributed by atoms with Gasteiger partial charge in [-0.3, -0.25) is 4.79 Å². The topological polar surface area (TPSA) is 66.5 Å². The third-order valence-electron chi connectivity index (χ3n) is 6.19. The summed E-state index contributed by atoms with van der Waals surface area (Å²) in [5.74, 6) is 0.657. The molecule has 2 rings (SSSR count). The fourth-order valence-electron chi connectivity index (χ4n) is 4.73. The summed E-state index contributed by atoms with van der Waals surface area (Å²) in [6.45, 7) is 24.9. The molecule has 0 saturated carbocycles. The molecule has 0 N–H and O–H groups in total. The van der Waals surface area contributed by atoms with Crippen molar-refractivity contribution in [3.8, 4) is 0 Å². The van der Waals surface area contributed by atoms with Crippen molar-refractivity contribution in [1.29, 1.82) is 0 Å². The van der Waals surface area contributed by atoms with E-state index in [1.54, 1.807) is 0 Å². The molecule has 2 heterocycles. The van der Waals surface area contributed by atoms with E-state index in [1.165, 1.54) is 0 Å². The second-order valence-corrected chi connectivity index (χ2v) is 27.0. The molecule has 2 aliphatic rings.